The summed E-state index contributed by atoms with van der Waals surface area (Å²) in [6.07, 6.45) is -1.30. The maximum Gasteiger partial charge on any atom is 0.247 e. The molecule has 0 aromatic heterocycles. The van der Waals surface area contributed by atoms with Crippen LogP contribution in [-0.2, 0) is 9.59 Å². The molecule has 1 aromatic carbocycles. The van der Waals surface area contributed by atoms with E-state index < -0.39 is 12.0 Å². The minimum atomic E-state index is -1.30. The normalized spacial score (nSPS) is 11.9. The van der Waals surface area contributed by atoms with E-state index in [0.29, 0.717) is 10.7 Å². The summed E-state index contributed by atoms with van der Waals surface area (Å²) in [4.78, 5) is 22.0. The molecule has 0 saturated heterocycles. The number of benzene rings is 1. The first-order valence-corrected chi connectivity index (χ1v) is 5.60. The standard InChI is InChI=1S/C11H14ClN3O3/c12-7-2-1-3-8(4-7)15-10(17)6-14-5-9(16)11(13)18/h1-4,9,14,16H,5-6H2,(H2,13,18)(H,15,17). The van der Waals surface area contributed by atoms with Gasteiger partial charge < -0.3 is 21.5 Å². The predicted molar refractivity (Wildman–Crippen MR) is 68.2 cm³/mol. The molecule has 1 atom stereocenters. The zero-order chi connectivity index (χ0) is 13.5. The van der Waals surface area contributed by atoms with Crippen molar-refractivity contribution < 1.29 is 14.7 Å². The molecule has 5 N–H and O–H groups in total. The van der Waals surface area contributed by atoms with E-state index in [1.165, 1.54) is 0 Å². The van der Waals surface area contributed by atoms with Crippen molar-refractivity contribution in [3.63, 3.8) is 0 Å². The zero-order valence-corrected chi connectivity index (χ0v) is 10.3. The Morgan fingerprint density at radius 1 is 1.44 bits per heavy atom. The summed E-state index contributed by atoms with van der Waals surface area (Å²) >= 11 is 5.76. The molecule has 0 saturated carbocycles. The first-order valence-electron chi connectivity index (χ1n) is 5.22. The Morgan fingerprint density at radius 2 is 2.17 bits per heavy atom. The second-order valence-electron chi connectivity index (χ2n) is 3.61. The third-order valence-corrected chi connectivity index (χ3v) is 2.30. The number of carbonyl (C=O) groups excluding carboxylic acids is 2. The highest BCUT2D eigenvalue weighted by molar-refractivity contribution is 6.30. The highest BCUT2D eigenvalue weighted by Crippen LogP contribution is 2.14. The van der Waals surface area contributed by atoms with E-state index in [1.54, 1.807) is 24.3 Å². The van der Waals surface area contributed by atoms with E-state index in [1.807, 2.05) is 0 Å². The van der Waals surface area contributed by atoms with Crippen LogP contribution in [-0.4, -0.2) is 36.1 Å². The number of rotatable bonds is 6. The van der Waals surface area contributed by atoms with Gasteiger partial charge in [0.05, 0.1) is 6.54 Å². The number of hydrogen-bond donors (Lipinski definition) is 4. The topological polar surface area (TPSA) is 104 Å². The minimum absolute atomic E-state index is 0.0448. The predicted octanol–water partition coefficient (Wildman–Crippen LogP) is -0.286. The average Bonchev–Trinajstić information content (AvgIpc) is 2.28. The average molecular weight is 272 g/mol. The van der Waals surface area contributed by atoms with Crippen LogP contribution in [0.25, 0.3) is 0 Å². The van der Waals surface area contributed by atoms with Crippen molar-refractivity contribution in [2.75, 3.05) is 18.4 Å². The summed E-state index contributed by atoms with van der Waals surface area (Å²) in [6, 6.07) is 6.71. The summed E-state index contributed by atoms with van der Waals surface area (Å²) in [5.41, 5.74) is 5.42. The van der Waals surface area contributed by atoms with Gasteiger partial charge >= 0.3 is 0 Å². The summed E-state index contributed by atoms with van der Waals surface area (Å²) in [5.74, 6) is -1.15. The molecule has 7 heteroatoms. The lowest BCUT2D eigenvalue weighted by molar-refractivity contribution is -0.126. The molecular formula is C11H14ClN3O3. The Bertz CT molecular complexity index is 439. The molecule has 1 aromatic rings. The number of carbonyl (C=O) groups is 2. The van der Waals surface area contributed by atoms with Gasteiger partial charge in [-0.25, -0.2) is 0 Å². The van der Waals surface area contributed by atoms with Crippen molar-refractivity contribution in [1.82, 2.24) is 5.32 Å². The van der Waals surface area contributed by atoms with E-state index in [-0.39, 0.29) is 19.0 Å². The smallest absolute Gasteiger partial charge is 0.247 e. The Labute approximate surface area is 109 Å². The Balaban J connectivity index is 2.32. The highest BCUT2D eigenvalue weighted by atomic mass is 35.5. The van der Waals surface area contributed by atoms with Crippen LogP contribution < -0.4 is 16.4 Å². The van der Waals surface area contributed by atoms with Gasteiger partial charge in [-0.3, -0.25) is 9.59 Å². The lowest BCUT2D eigenvalue weighted by Crippen LogP contribution is -2.40. The van der Waals surface area contributed by atoms with Gasteiger partial charge in [0.25, 0.3) is 0 Å². The van der Waals surface area contributed by atoms with Crippen LogP contribution in [0, 0.1) is 0 Å². The van der Waals surface area contributed by atoms with Crippen molar-refractivity contribution in [1.29, 1.82) is 0 Å². The van der Waals surface area contributed by atoms with Gasteiger partial charge in [-0.15, -0.1) is 0 Å². The van der Waals surface area contributed by atoms with Crippen LogP contribution in [0.5, 0.6) is 0 Å². The number of aliphatic hydroxyl groups is 1. The molecule has 0 heterocycles. The molecule has 0 fully saturated rings. The van der Waals surface area contributed by atoms with Gasteiger partial charge in [0.1, 0.15) is 6.10 Å². The van der Waals surface area contributed by atoms with Crippen LogP contribution in [0.4, 0.5) is 5.69 Å². The monoisotopic (exact) mass is 271 g/mol. The van der Waals surface area contributed by atoms with Gasteiger partial charge in [0.15, 0.2) is 0 Å². The fourth-order valence-electron chi connectivity index (χ4n) is 1.19. The van der Waals surface area contributed by atoms with E-state index in [9.17, 15) is 9.59 Å². The van der Waals surface area contributed by atoms with E-state index in [0.717, 1.165) is 0 Å². The second-order valence-corrected chi connectivity index (χ2v) is 4.04. The number of hydrogen-bond acceptors (Lipinski definition) is 4. The molecular weight excluding hydrogens is 258 g/mol. The summed E-state index contributed by atoms with van der Waals surface area (Å²) in [7, 11) is 0. The van der Waals surface area contributed by atoms with Gasteiger partial charge in [0.2, 0.25) is 11.8 Å². The Morgan fingerprint density at radius 3 is 2.78 bits per heavy atom. The van der Waals surface area contributed by atoms with Crippen LogP contribution in [0.3, 0.4) is 0 Å². The van der Waals surface area contributed by atoms with Gasteiger partial charge in [0, 0.05) is 17.3 Å². The fraction of sp³-hybridized carbons (Fsp3) is 0.273. The Hall–Kier alpha value is -1.63. The maximum absolute atomic E-state index is 11.5. The van der Waals surface area contributed by atoms with E-state index in [2.05, 4.69) is 10.6 Å². The number of nitrogens with two attached hydrogens (primary N) is 1. The van der Waals surface area contributed by atoms with Gasteiger partial charge in [-0.1, -0.05) is 17.7 Å². The van der Waals surface area contributed by atoms with Crippen LogP contribution >= 0.6 is 11.6 Å². The summed E-state index contributed by atoms with van der Waals surface area (Å²) < 4.78 is 0. The lowest BCUT2D eigenvalue weighted by atomic mass is 10.3. The first-order chi connectivity index (χ1) is 8.49. The third kappa shape index (κ3) is 5.13. The number of nitrogens with one attached hydrogen (secondary N) is 2. The summed E-state index contributed by atoms with van der Waals surface area (Å²) in [5, 5.41) is 14.8. The SMILES string of the molecule is NC(=O)C(O)CNCC(=O)Nc1cccc(Cl)c1. The summed E-state index contributed by atoms with van der Waals surface area (Å²) in [6.45, 7) is -0.116. The van der Waals surface area contributed by atoms with Gasteiger partial charge in [-0.2, -0.15) is 0 Å². The molecule has 98 valence electrons. The van der Waals surface area contributed by atoms with Crippen molar-refractivity contribution in [2.24, 2.45) is 5.73 Å². The second kappa shape index (κ2) is 6.95. The number of aliphatic hydroxyl groups excluding tert-OH is 1. The van der Waals surface area contributed by atoms with Crippen molar-refractivity contribution >= 4 is 29.1 Å². The fourth-order valence-corrected chi connectivity index (χ4v) is 1.38. The maximum atomic E-state index is 11.5. The van der Waals surface area contributed by atoms with Crippen LogP contribution in [0.1, 0.15) is 0 Å². The molecule has 18 heavy (non-hydrogen) atoms. The number of anilines is 1. The highest BCUT2D eigenvalue weighted by Gasteiger charge is 2.10. The van der Waals surface area contributed by atoms with E-state index >= 15 is 0 Å². The van der Waals surface area contributed by atoms with Crippen molar-refractivity contribution in [2.45, 2.75) is 6.10 Å². The molecule has 0 radical (unpaired) electrons. The van der Waals surface area contributed by atoms with Gasteiger partial charge in [-0.05, 0) is 18.2 Å². The molecule has 0 aliphatic heterocycles. The number of primary amides is 1. The van der Waals surface area contributed by atoms with Crippen molar-refractivity contribution in [3.8, 4) is 0 Å². The third-order valence-electron chi connectivity index (χ3n) is 2.06. The molecule has 0 aliphatic rings. The molecule has 2 amide bonds. The lowest BCUT2D eigenvalue weighted by Gasteiger charge is -2.09. The zero-order valence-electron chi connectivity index (χ0n) is 9.52. The molecule has 1 unspecified atom stereocenters. The Kier molecular flexibility index (Phi) is 5.57. The van der Waals surface area contributed by atoms with Crippen molar-refractivity contribution in [3.05, 3.63) is 29.3 Å². The van der Waals surface area contributed by atoms with E-state index in [4.69, 9.17) is 22.4 Å². The molecule has 6 nitrogen and oxygen atoms in total. The van der Waals surface area contributed by atoms with Crippen LogP contribution in [0.2, 0.25) is 5.02 Å². The van der Waals surface area contributed by atoms with Crippen LogP contribution in [0.15, 0.2) is 24.3 Å². The molecule has 0 aliphatic carbocycles. The largest absolute Gasteiger partial charge is 0.382 e. The number of amides is 2. The molecule has 0 spiro atoms. The number of halogens is 1. The molecule has 0 bridgehead atoms. The quantitative estimate of drug-likeness (QED) is 0.571. The first kappa shape index (κ1) is 14.4. The minimum Gasteiger partial charge on any atom is -0.382 e. The molecule has 1 rings (SSSR count).